The summed E-state index contributed by atoms with van der Waals surface area (Å²) in [5.74, 6) is 2.65. The van der Waals surface area contributed by atoms with Gasteiger partial charge in [0.1, 0.15) is 11.5 Å². The van der Waals surface area contributed by atoms with E-state index in [4.69, 9.17) is 13.9 Å². The minimum atomic E-state index is 0.594. The fraction of sp³-hybridized carbons (Fsp3) is 0.450. The lowest BCUT2D eigenvalue weighted by atomic mass is 10.1. The Labute approximate surface area is 155 Å². The van der Waals surface area contributed by atoms with Crippen LogP contribution in [0.25, 0.3) is 0 Å². The Bertz CT molecular complexity index is 669. The Hall–Kier alpha value is -2.47. The fourth-order valence-electron chi connectivity index (χ4n) is 2.60. The first-order chi connectivity index (χ1) is 12.7. The highest BCUT2D eigenvalue weighted by Crippen LogP contribution is 2.19. The Morgan fingerprint density at radius 1 is 1.12 bits per heavy atom. The lowest BCUT2D eigenvalue weighted by Crippen LogP contribution is -2.39. The number of benzene rings is 1. The Morgan fingerprint density at radius 3 is 2.62 bits per heavy atom. The first-order valence-corrected chi connectivity index (χ1v) is 8.90. The van der Waals surface area contributed by atoms with Crippen LogP contribution in [0.4, 0.5) is 0 Å². The predicted octanol–water partition coefficient (Wildman–Crippen LogP) is 2.56. The van der Waals surface area contributed by atoms with Gasteiger partial charge in [0.2, 0.25) is 0 Å². The minimum Gasteiger partial charge on any atom is -0.496 e. The van der Waals surface area contributed by atoms with Gasteiger partial charge >= 0.3 is 0 Å². The molecule has 6 heteroatoms. The van der Waals surface area contributed by atoms with Crippen molar-refractivity contribution in [2.24, 2.45) is 4.99 Å². The smallest absolute Gasteiger partial charge is 0.191 e. The molecule has 0 saturated carbocycles. The third-order valence-electron chi connectivity index (χ3n) is 3.93. The second kappa shape index (κ2) is 11.2. The number of nitrogens with zero attached hydrogens (tertiary/aromatic N) is 1. The van der Waals surface area contributed by atoms with Crippen molar-refractivity contribution in [3.05, 3.63) is 53.5 Å². The van der Waals surface area contributed by atoms with E-state index in [1.807, 2.05) is 18.2 Å². The highest BCUT2D eigenvalue weighted by molar-refractivity contribution is 5.79. The van der Waals surface area contributed by atoms with Crippen LogP contribution in [-0.2, 0) is 17.6 Å². The van der Waals surface area contributed by atoms with Gasteiger partial charge in [0.25, 0.3) is 0 Å². The Morgan fingerprint density at radius 2 is 1.92 bits per heavy atom. The molecule has 2 N–H and O–H groups in total. The van der Waals surface area contributed by atoms with Crippen LogP contribution in [0.1, 0.15) is 16.9 Å². The van der Waals surface area contributed by atoms with Crippen LogP contribution in [0, 0.1) is 6.92 Å². The summed E-state index contributed by atoms with van der Waals surface area (Å²) in [6.45, 7) is 4.81. The number of methoxy groups -OCH3 is 2. The van der Waals surface area contributed by atoms with Gasteiger partial charge in [0.05, 0.1) is 26.5 Å². The molecule has 0 aliphatic rings. The lowest BCUT2D eigenvalue weighted by molar-refractivity contribution is 0.208. The van der Waals surface area contributed by atoms with Gasteiger partial charge in [-0.2, -0.15) is 0 Å². The van der Waals surface area contributed by atoms with Crippen molar-refractivity contribution in [2.75, 3.05) is 40.5 Å². The van der Waals surface area contributed by atoms with Crippen molar-refractivity contribution < 1.29 is 13.9 Å². The standard InChI is InChI=1S/C20H29N3O3/c1-16-6-7-19(25-3)17(15-16)8-10-21-20(23-12-14-24-2)22-11-9-18-5-4-13-26-18/h4-7,13,15H,8-12,14H2,1-3H3,(H2,21,22,23). The molecule has 0 amide bonds. The maximum absolute atomic E-state index is 5.44. The second-order valence-electron chi connectivity index (χ2n) is 5.97. The number of nitrogens with one attached hydrogen (secondary N) is 2. The van der Waals surface area contributed by atoms with Gasteiger partial charge in [-0.25, -0.2) is 0 Å². The van der Waals surface area contributed by atoms with Crippen LogP contribution in [0.3, 0.4) is 0 Å². The third kappa shape index (κ3) is 6.80. The molecule has 2 aromatic rings. The molecule has 1 heterocycles. The van der Waals surface area contributed by atoms with E-state index >= 15 is 0 Å². The Kier molecular flexibility index (Phi) is 8.55. The normalized spacial score (nSPS) is 11.4. The monoisotopic (exact) mass is 359 g/mol. The van der Waals surface area contributed by atoms with Gasteiger partial charge in [-0.15, -0.1) is 0 Å². The maximum atomic E-state index is 5.44. The van der Waals surface area contributed by atoms with E-state index in [0.717, 1.165) is 43.4 Å². The summed E-state index contributed by atoms with van der Waals surface area (Å²) in [5, 5.41) is 6.71. The van der Waals surface area contributed by atoms with Gasteiger partial charge in [-0.05, 0) is 37.1 Å². The molecule has 0 saturated heterocycles. The molecule has 0 atom stereocenters. The van der Waals surface area contributed by atoms with E-state index in [1.54, 1.807) is 20.5 Å². The molecule has 1 aromatic carbocycles. The summed E-state index contributed by atoms with van der Waals surface area (Å²) in [6.07, 6.45) is 3.36. The number of ether oxygens (including phenoxy) is 2. The average molecular weight is 359 g/mol. The van der Waals surface area contributed by atoms with Crippen LogP contribution in [0.2, 0.25) is 0 Å². The maximum Gasteiger partial charge on any atom is 0.191 e. The highest BCUT2D eigenvalue weighted by Gasteiger charge is 2.05. The number of furan rings is 1. The molecular formula is C20H29N3O3. The highest BCUT2D eigenvalue weighted by atomic mass is 16.5. The minimum absolute atomic E-state index is 0.594. The number of aryl methyl sites for hydroxylation is 1. The topological polar surface area (TPSA) is 68.0 Å². The van der Waals surface area contributed by atoms with Crippen molar-refractivity contribution in [1.82, 2.24) is 10.6 Å². The van der Waals surface area contributed by atoms with Gasteiger partial charge in [0, 0.05) is 26.6 Å². The molecule has 1 aromatic heterocycles. The number of aliphatic imine (C=N–C) groups is 1. The van der Waals surface area contributed by atoms with Crippen molar-refractivity contribution in [2.45, 2.75) is 19.8 Å². The van der Waals surface area contributed by atoms with Crippen LogP contribution in [-0.4, -0.2) is 46.4 Å². The number of hydrogen-bond acceptors (Lipinski definition) is 4. The van der Waals surface area contributed by atoms with Gasteiger partial charge in [-0.1, -0.05) is 17.7 Å². The second-order valence-corrected chi connectivity index (χ2v) is 5.97. The predicted molar refractivity (Wildman–Crippen MR) is 104 cm³/mol. The van der Waals surface area contributed by atoms with E-state index in [9.17, 15) is 0 Å². The van der Waals surface area contributed by atoms with E-state index < -0.39 is 0 Å². The largest absolute Gasteiger partial charge is 0.496 e. The van der Waals surface area contributed by atoms with Crippen molar-refractivity contribution >= 4 is 5.96 Å². The first-order valence-electron chi connectivity index (χ1n) is 8.90. The van der Waals surface area contributed by atoms with Gasteiger partial charge in [0.15, 0.2) is 5.96 Å². The van der Waals surface area contributed by atoms with Crippen LogP contribution < -0.4 is 15.4 Å². The van der Waals surface area contributed by atoms with E-state index in [1.165, 1.54) is 11.1 Å². The molecule has 0 bridgehead atoms. The zero-order valence-electron chi connectivity index (χ0n) is 15.9. The summed E-state index contributed by atoms with van der Waals surface area (Å²) in [5.41, 5.74) is 2.41. The molecule has 0 aliphatic heterocycles. The van der Waals surface area contributed by atoms with Crippen molar-refractivity contribution in [3.8, 4) is 5.75 Å². The molecule has 6 nitrogen and oxygen atoms in total. The molecule has 0 unspecified atom stereocenters. The average Bonchev–Trinajstić information content (AvgIpc) is 3.15. The quantitative estimate of drug-likeness (QED) is 0.388. The lowest BCUT2D eigenvalue weighted by Gasteiger charge is -2.14. The number of guanidine groups is 1. The van der Waals surface area contributed by atoms with E-state index in [-0.39, 0.29) is 0 Å². The Balaban J connectivity index is 1.85. The number of hydrogen-bond donors (Lipinski definition) is 2. The summed E-state index contributed by atoms with van der Waals surface area (Å²) < 4.78 is 15.9. The zero-order chi connectivity index (χ0) is 18.6. The van der Waals surface area contributed by atoms with E-state index in [0.29, 0.717) is 13.2 Å². The van der Waals surface area contributed by atoms with E-state index in [2.05, 4.69) is 34.7 Å². The van der Waals surface area contributed by atoms with Crippen molar-refractivity contribution in [1.29, 1.82) is 0 Å². The zero-order valence-corrected chi connectivity index (χ0v) is 15.9. The van der Waals surface area contributed by atoms with Crippen molar-refractivity contribution in [3.63, 3.8) is 0 Å². The van der Waals surface area contributed by atoms with Crippen LogP contribution >= 0.6 is 0 Å². The van der Waals surface area contributed by atoms with Crippen LogP contribution in [0.15, 0.2) is 46.0 Å². The summed E-state index contributed by atoms with van der Waals surface area (Å²) in [4.78, 5) is 4.53. The molecule has 26 heavy (non-hydrogen) atoms. The third-order valence-corrected chi connectivity index (χ3v) is 3.93. The SMILES string of the molecule is COCCN=C(NCCc1ccco1)NCCc1cc(C)ccc1OC. The first kappa shape index (κ1) is 19.8. The molecule has 0 aliphatic carbocycles. The van der Waals surface area contributed by atoms with Gasteiger partial charge < -0.3 is 24.5 Å². The molecule has 0 fully saturated rings. The molecule has 0 spiro atoms. The fourth-order valence-corrected chi connectivity index (χ4v) is 2.60. The summed E-state index contributed by atoms with van der Waals surface area (Å²) >= 11 is 0. The molecular weight excluding hydrogens is 330 g/mol. The van der Waals surface area contributed by atoms with Gasteiger partial charge in [-0.3, -0.25) is 4.99 Å². The van der Waals surface area contributed by atoms with Crippen LogP contribution in [0.5, 0.6) is 5.75 Å². The summed E-state index contributed by atoms with van der Waals surface area (Å²) in [7, 11) is 3.38. The number of rotatable bonds is 10. The molecule has 0 radical (unpaired) electrons. The molecule has 142 valence electrons. The molecule has 2 rings (SSSR count). The summed E-state index contributed by atoms with van der Waals surface area (Å²) in [6, 6.07) is 10.1.